The zero-order chi connectivity index (χ0) is 28.3. The number of alkyl halides is 1. The van der Waals surface area contributed by atoms with Crippen molar-refractivity contribution in [2.45, 2.75) is 52.1 Å². The van der Waals surface area contributed by atoms with E-state index in [0.717, 1.165) is 47.8 Å². The summed E-state index contributed by atoms with van der Waals surface area (Å²) >= 11 is 0. The molecule has 3 rings (SSSR count). The zero-order valence-electron chi connectivity index (χ0n) is 22.8. The van der Waals surface area contributed by atoms with Crippen LogP contribution >= 0.6 is 9.24 Å². The molecule has 0 aliphatic carbocycles. The van der Waals surface area contributed by atoms with Crippen LogP contribution < -0.4 is 10.1 Å². The summed E-state index contributed by atoms with van der Waals surface area (Å²) in [5.74, 6) is 0.955. The average molecular weight is 540 g/mol. The molecule has 0 aromatic heterocycles. The third kappa shape index (κ3) is 9.04. The average Bonchev–Trinajstić information content (AvgIpc) is 2.90. The number of carbonyl (C=O) groups excluding carboxylic acids is 2. The van der Waals surface area contributed by atoms with E-state index in [2.05, 4.69) is 28.4 Å². The molecule has 3 aromatic carbocycles. The second-order valence-corrected chi connectivity index (χ2v) is 10.8. The molecule has 3 aromatic rings. The Morgan fingerprint density at radius 3 is 2.26 bits per heavy atom. The lowest BCUT2D eigenvalue weighted by atomic mass is 9.97. The highest BCUT2D eigenvalue weighted by Crippen LogP contribution is 2.36. The van der Waals surface area contributed by atoms with Crippen molar-refractivity contribution >= 4 is 21.4 Å². The number of amides is 1. The van der Waals surface area contributed by atoms with Crippen LogP contribution in [0.25, 0.3) is 11.1 Å². The van der Waals surface area contributed by atoms with E-state index in [4.69, 9.17) is 9.84 Å². The number of aryl methyl sites for hydroxylation is 1. The van der Waals surface area contributed by atoms with Crippen LogP contribution in [0.15, 0.2) is 66.7 Å². The third-order valence-electron chi connectivity index (χ3n) is 6.03. The number of aliphatic hydroxyl groups excluding tert-OH is 1. The quantitative estimate of drug-likeness (QED) is 0.160. The third-order valence-corrected chi connectivity index (χ3v) is 6.36. The van der Waals surface area contributed by atoms with Crippen LogP contribution in [0, 0.1) is 12.8 Å². The van der Waals surface area contributed by atoms with Crippen molar-refractivity contribution in [1.29, 1.82) is 0 Å². The monoisotopic (exact) mass is 539 g/mol. The molecule has 0 fully saturated rings. The smallest absolute Gasteiger partial charge is 0.251 e. The number of benzene rings is 3. The lowest BCUT2D eigenvalue weighted by Gasteiger charge is -2.23. The highest BCUT2D eigenvalue weighted by molar-refractivity contribution is 7.18. The van der Waals surface area contributed by atoms with Crippen LogP contribution in [-0.2, 0) is 10.2 Å². The lowest BCUT2D eigenvalue weighted by Crippen LogP contribution is -2.24. The first-order chi connectivity index (χ1) is 18.1. The Morgan fingerprint density at radius 1 is 1.08 bits per heavy atom. The van der Waals surface area contributed by atoms with Crippen molar-refractivity contribution in [2.75, 3.05) is 13.7 Å². The van der Waals surface area contributed by atoms with E-state index in [0.29, 0.717) is 30.0 Å². The molecule has 0 saturated carbocycles. The normalized spacial score (nSPS) is 13.1. The standard InChI is InChI=1S/C30H35FNO3P.CH4O/c1-20(2)18-28(23-7-9-24(10-8-23)29(34)32-16-5-17-33)35-26-15-6-21(3)27(19-26)22-11-13-25(14-12-22)30(4,31)36;1-2/h6-15,17,19-20,28H,5,16,18,36H2,1-4H3,(H,32,34);2H,1H3. The fourth-order valence-electron chi connectivity index (χ4n) is 4.00. The van der Waals surface area contributed by atoms with Crippen molar-refractivity contribution < 1.29 is 23.8 Å². The molecule has 0 spiro atoms. The van der Waals surface area contributed by atoms with Gasteiger partial charge in [0, 0.05) is 25.6 Å². The van der Waals surface area contributed by atoms with Crippen LogP contribution in [0.5, 0.6) is 5.75 Å². The summed E-state index contributed by atoms with van der Waals surface area (Å²) in [6, 6.07) is 21.0. The minimum atomic E-state index is -1.46. The molecule has 3 atom stereocenters. The molecule has 2 N–H and O–H groups in total. The first-order valence-electron chi connectivity index (χ1n) is 12.7. The number of halogens is 1. The molecule has 204 valence electrons. The van der Waals surface area contributed by atoms with Crippen molar-refractivity contribution in [2.24, 2.45) is 5.92 Å². The molecule has 0 radical (unpaired) electrons. The summed E-state index contributed by atoms with van der Waals surface area (Å²) in [6.45, 7) is 8.20. The van der Waals surface area contributed by atoms with Crippen molar-refractivity contribution in [3.05, 3.63) is 89.0 Å². The maximum Gasteiger partial charge on any atom is 0.251 e. The van der Waals surface area contributed by atoms with E-state index in [9.17, 15) is 14.0 Å². The highest BCUT2D eigenvalue weighted by Gasteiger charge is 2.20. The predicted molar refractivity (Wildman–Crippen MR) is 155 cm³/mol. The Labute approximate surface area is 228 Å². The molecular formula is C31H39FNO4P. The maximum atomic E-state index is 14.3. The van der Waals surface area contributed by atoms with Gasteiger partial charge in [-0.3, -0.25) is 4.79 Å². The number of rotatable bonds is 11. The van der Waals surface area contributed by atoms with Crippen LogP contribution in [-0.4, -0.2) is 31.0 Å². The fourth-order valence-corrected chi connectivity index (χ4v) is 4.19. The first kappa shape index (κ1) is 31.1. The highest BCUT2D eigenvalue weighted by atomic mass is 31.0. The Bertz CT molecular complexity index is 1170. The number of carbonyl (C=O) groups is 2. The van der Waals surface area contributed by atoms with E-state index in [1.54, 1.807) is 12.1 Å². The van der Waals surface area contributed by atoms with Crippen molar-refractivity contribution in [1.82, 2.24) is 5.32 Å². The van der Waals surface area contributed by atoms with Crippen LogP contribution in [0.2, 0.25) is 0 Å². The second kappa shape index (κ2) is 14.8. The summed E-state index contributed by atoms with van der Waals surface area (Å²) in [5.41, 5.74) is 5.29. The van der Waals surface area contributed by atoms with Crippen molar-refractivity contribution in [3.8, 4) is 16.9 Å². The Hall–Kier alpha value is -3.08. The molecule has 5 nitrogen and oxygen atoms in total. The van der Waals surface area contributed by atoms with Gasteiger partial charge in [-0.15, -0.1) is 0 Å². The summed E-state index contributed by atoms with van der Waals surface area (Å²) in [6.07, 6.45) is 1.71. The van der Waals surface area contributed by atoms with Gasteiger partial charge in [0.05, 0.1) is 0 Å². The molecular weight excluding hydrogens is 500 g/mol. The fraction of sp³-hybridized carbons (Fsp3) is 0.355. The lowest BCUT2D eigenvalue weighted by molar-refractivity contribution is -0.107. The number of aliphatic hydroxyl groups is 1. The van der Waals surface area contributed by atoms with Gasteiger partial charge in [0.15, 0.2) is 0 Å². The minimum Gasteiger partial charge on any atom is -0.486 e. The van der Waals surface area contributed by atoms with Crippen LogP contribution in [0.4, 0.5) is 4.39 Å². The van der Waals surface area contributed by atoms with Gasteiger partial charge in [0.2, 0.25) is 0 Å². The van der Waals surface area contributed by atoms with Gasteiger partial charge in [0.1, 0.15) is 23.5 Å². The number of ether oxygens (including phenoxy) is 1. The van der Waals surface area contributed by atoms with Crippen molar-refractivity contribution in [3.63, 3.8) is 0 Å². The molecule has 0 aliphatic heterocycles. The van der Waals surface area contributed by atoms with Gasteiger partial charge in [-0.05, 0) is 78.3 Å². The summed E-state index contributed by atoms with van der Waals surface area (Å²) in [4.78, 5) is 22.7. The first-order valence-corrected chi connectivity index (χ1v) is 13.3. The van der Waals surface area contributed by atoms with Crippen LogP contribution in [0.3, 0.4) is 0 Å². The molecule has 0 bridgehead atoms. The topological polar surface area (TPSA) is 75.6 Å². The molecule has 0 heterocycles. The summed E-state index contributed by atoms with van der Waals surface area (Å²) < 4.78 is 20.7. The number of aldehydes is 1. The molecule has 38 heavy (non-hydrogen) atoms. The SMILES string of the molecule is CO.Cc1ccc(OC(CC(C)C)c2ccc(C(=O)NCCC=O)cc2)cc1-c1ccc(C(C)(F)P)cc1. The zero-order valence-corrected chi connectivity index (χ0v) is 24.0. The Balaban J connectivity index is 0.00000247. The molecule has 0 aliphatic rings. The molecule has 0 saturated heterocycles. The van der Waals surface area contributed by atoms with Gasteiger partial charge >= 0.3 is 0 Å². The van der Waals surface area contributed by atoms with E-state index < -0.39 is 5.41 Å². The van der Waals surface area contributed by atoms with E-state index >= 15 is 0 Å². The number of nitrogens with one attached hydrogen (secondary N) is 1. The Morgan fingerprint density at radius 2 is 1.71 bits per heavy atom. The largest absolute Gasteiger partial charge is 0.486 e. The van der Waals surface area contributed by atoms with Gasteiger partial charge in [-0.25, -0.2) is 4.39 Å². The van der Waals surface area contributed by atoms with Gasteiger partial charge in [-0.1, -0.05) is 65.6 Å². The van der Waals surface area contributed by atoms with E-state index in [1.165, 1.54) is 6.92 Å². The molecule has 1 amide bonds. The molecule has 3 unspecified atom stereocenters. The van der Waals surface area contributed by atoms with Gasteiger partial charge in [0.25, 0.3) is 5.91 Å². The number of hydrogen-bond donors (Lipinski definition) is 2. The van der Waals surface area contributed by atoms with Gasteiger partial charge < -0.3 is 20.0 Å². The van der Waals surface area contributed by atoms with Gasteiger partial charge in [-0.2, -0.15) is 0 Å². The van der Waals surface area contributed by atoms with Crippen LogP contribution in [0.1, 0.15) is 66.8 Å². The number of hydrogen-bond acceptors (Lipinski definition) is 4. The van der Waals surface area contributed by atoms with E-state index in [-0.39, 0.29) is 12.0 Å². The minimum absolute atomic E-state index is 0.181. The maximum absolute atomic E-state index is 14.3. The Kier molecular flexibility index (Phi) is 12.1. The molecule has 7 heteroatoms. The summed E-state index contributed by atoms with van der Waals surface area (Å²) in [7, 11) is 3.23. The second-order valence-electron chi connectivity index (χ2n) is 9.70. The van der Waals surface area contributed by atoms with E-state index in [1.807, 2.05) is 61.5 Å². The summed E-state index contributed by atoms with van der Waals surface area (Å²) in [5, 5.41) is 8.27. The predicted octanol–water partition coefficient (Wildman–Crippen LogP) is 6.77.